The third-order valence-electron chi connectivity index (χ3n) is 4.03. The molecule has 1 aromatic carbocycles. The van der Waals surface area contributed by atoms with Gasteiger partial charge in [0.05, 0.1) is 19.7 Å². The number of carbonyl (C=O) groups excluding carboxylic acids is 1. The molecular formula is C14H16N6O2. The molecule has 1 unspecified atom stereocenters. The molecule has 0 spiro atoms. The molecule has 2 aliphatic heterocycles. The highest BCUT2D eigenvalue weighted by atomic mass is 16.5. The van der Waals surface area contributed by atoms with Gasteiger partial charge in [-0.3, -0.25) is 4.79 Å². The summed E-state index contributed by atoms with van der Waals surface area (Å²) in [5.74, 6) is 1.78. The molecule has 114 valence electrons. The molecule has 0 radical (unpaired) electrons. The van der Waals surface area contributed by atoms with Crippen molar-refractivity contribution in [2.45, 2.75) is 12.5 Å². The molecule has 1 N–H and O–H groups in total. The number of benzene rings is 1. The van der Waals surface area contributed by atoms with Crippen molar-refractivity contribution in [2.24, 2.45) is 0 Å². The molecule has 2 aromatic rings. The van der Waals surface area contributed by atoms with Crippen LogP contribution in [0.1, 0.15) is 11.5 Å². The Morgan fingerprint density at radius 3 is 3.18 bits per heavy atom. The van der Waals surface area contributed by atoms with Crippen molar-refractivity contribution < 1.29 is 9.53 Å². The fourth-order valence-corrected chi connectivity index (χ4v) is 2.94. The van der Waals surface area contributed by atoms with Crippen LogP contribution in [-0.4, -0.2) is 52.4 Å². The van der Waals surface area contributed by atoms with Gasteiger partial charge in [-0.15, -0.1) is 0 Å². The van der Waals surface area contributed by atoms with E-state index in [1.807, 2.05) is 23.1 Å². The van der Waals surface area contributed by atoms with Crippen LogP contribution in [0.25, 0.3) is 0 Å². The molecule has 8 nitrogen and oxygen atoms in total. The Morgan fingerprint density at radius 2 is 2.27 bits per heavy atom. The summed E-state index contributed by atoms with van der Waals surface area (Å²) in [5, 5.41) is 14.7. The Hall–Kier alpha value is -2.64. The number of piperazine rings is 1. The van der Waals surface area contributed by atoms with Crippen LogP contribution in [-0.2, 0) is 11.3 Å². The molecule has 1 saturated heterocycles. The van der Waals surface area contributed by atoms with Crippen LogP contribution in [0.3, 0.4) is 0 Å². The van der Waals surface area contributed by atoms with Crippen LogP contribution in [0.15, 0.2) is 24.3 Å². The Bertz CT molecular complexity index is 700. The van der Waals surface area contributed by atoms with E-state index in [1.165, 1.54) is 5.56 Å². The first-order chi connectivity index (χ1) is 10.8. The Morgan fingerprint density at radius 1 is 1.36 bits per heavy atom. The average Bonchev–Trinajstić information content (AvgIpc) is 3.15. The van der Waals surface area contributed by atoms with Gasteiger partial charge in [0, 0.05) is 24.6 Å². The number of nitrogens with one attached hydrogen (secondary N) is 1. The molecule has 8 heteroatoms. The van der Waals surface area contributed by atoms with Crippen LogP contribution in [0.5, 0.6) is 5.75 Å². The van der Waals surface area contributed by atoms with Crippen LogP contribution >= 0.6 is 0 Å². The number of para-hydroxylation sites is 1. The van der Waals surface area contributed by atoms with E-state index in [2.05, 4.69) is 26.9 Å². The van der Waals surface area contributed by atoms with Gasteiger partial charge in [0.1, 0.15) is 5.75 Å². The molecule has 1 atom stereocenters. The van der Waals surface area contributed by atoms with Gasteiger partial charge in [-0.25, -0.2) is 4.68 Å². The summed E-state index contributed by atoms with van der Waals surface area (Å²) in [7, 11) is 0. The first kappa shape index (κ1) is 13.1. The highest BCUT2D eigenvalue weighted by Gasteiger charge is 2.27. The smallest absolute Gasteiger partial charge is 0.246 e. The molecule has 3 heterocycles. The Balaban J connectivity index is 1.55. The number of rotatable bonds is 3. The average molecular weight is 300 g/mol. The summed E-state index contributed by atoms with van der Waals surface area (Å²) in [5.41, 5.74) is 1.18. The number of anilines is 1. The summed E-state index contributed by atoms with van der Waals surface area (Å²) in [6, 6.07) is 8.03. The molecule has 22 heavy (non-hydrogen) atoms. The number of hydrogen-bond acceptors (Lipinski definition) is 6. The van der Waals surface area contributed by atoms with Crippen molar-refractivity contribution in [1.82, 2.24) is 25.5 Å². The van der Waals surface area contributed by atoms with Gasteiger partial charge in [0.2, 0.25) is 11.9 Å². The molecule has 4 rings (SSSR count). The van der Waals surface area contributed by atoms with Crippen LogP contribution in [0.4, 0.5) is 5.95 Å². The molecular weight excluding hydrogens is 284 g/mol. The summed E-state index contributed by atoms with van der Waals surface area (Å²) in [4.78, 5) is 13.4. The van der Waals surface area contributed by atoms with Gasteiger partial charge in [-0.2, -0.15) is 0 Å². The number of amides is 1. The zero-order chi connectivity index (χ0) is 14.9. The fourth-order valence-electron chi connectivity index (χ4n) is 2.94. The number of nitrogens with zero attached hydrogens (tertiary/aromatic N) is 5. The normalized spacial score (nSPS) is 20.5. The summed E-state index contributed by atoms with van der Waals surface area (Å²) >= 11 is 0. The molecule has 0 saturated carbocycles. The molecule has 0 bridgehead atoms. The predicted octanol–water partition coefficient (Wildman–Crippen LogP) is -0.215. The van der Waals surface area contributed by atoms with Crippen molar-refractivity contribution in [1.29, 1.82) is 0 Å². The third kappa shape index (κ3) is 2.26. The lowest BCUT2D eigenvalue weighted by Crippen LogP contribution is -2.48. The monoisotopic (exact) mass is 300 g/mol. The van der Waals surface area contributed by atoms with Gasteiger partial charge >= 0.3 is 0 Å². The minimum absolute atomic E-state index is 0.00431. The lowest BCUT2D eigenvalue weighted by molar-refractivity contribution is -0.120. The molecule has 1 fully saturated rings. The zero-order valence-electron chi connectivity index (χ0n) is 12.0. The second-order valence-corrected chi connectivity index (χ2v) is 5.48. The number of hydrogen-bond donors (Lipinski definition) is 1. The summed E-state index contributed by atoms with van der Waals surface area (Å²) in [6.07, 6.45) is 0. The molecule has 0 aliphatic carbocycles. The van der Waals surface area contributed by atoms with Gasteiger partial charge in [0.15, 0.2) is 0 Å². The SMILES string of the molecule is O=C1CN(c2nnnn2CC2COc3ccccc32)CCN1. The number of aromatic nitrogens is 4. The predicted molar refractivity (Wildman–Crippen MR) is 77.7 cm³/mol. The number of carbonyl (C=O) groups is 1. The highest BCUT2D eigenvalue weighted by molar-refractivity contribution is 5.81. The van der Waals surface area contributed by atoms with E-state index >= 15 is 0 Å². The van der Waals surface area contributed by atoms with E-state index in [0.717, 1.165) is 5.75 Å². The second kappa shape index (κ2) is 5.28. The minimum atomic E-state index is -0.00431. The molecule has 2 aliphatic rings. The van der Waals surface area contributed by atoms with E-state index in [-0.39, 0.29) is 18.4 Å². The van der Waals surface area contributed by atoms with E-state index in [9.17, 15) is 4.79 Å². The molecule has 1 aromatic heterocycles. The zero-order valence-corrected chi connectivity index (χ0v) is 12.0. The minimum Gasteiger partial charge on any atom is -0.493 e. The van der Waals surface area contributed by atoms with Crippen LogP contribution in [0, 0.1) is 0 Å². The van der Waals surface area contributed by atoms with Crippen LogP contribution < -0.4 is 15.0 Å². The number of fused-ring (bicyclic) bond motifs is 1. The van der Waals surface area contributed by atoms with E-state index in [1.54, 1.807) is 4.68 Å². The number of ether oxygens (including phenoxy) is 1. The maximum atomic E-state index is 11.5. The van der Waals surface area contributed by atoms with E-state index in [4.69, 9.17) is 4.74 Å². The highest BCUT2D eigenvalue weighted by Crippen LogP contribution is 2.34. The summed E-state index contributed by atoms with van der Waals surface area (Å²) in [6.45, 7) is 2.87. The first-order valence-corrected chi connectivity index (χ1v) is 7.31. The van der Waals surface area contributed by atoms with E-state index < -0.39 is 0 Å². The molecule has 1 amide bonds. The lowest BCUT2D eigenvalue weighted by atomic mass is 10.0. The van der Waals surface area contributed by atoms with Gasteiger partial charge in [-0.05, 0) is 16.5 Å². The standard InChI is InChI=1S/C14H16N6O2/c21-13-8-19(6-5-15-13)14-16-17-18-20(14)7-10-9-22-12-4-2-1-3-11(10)12/h1-4,10H,5-9H2,(H,15,21). The van der Waals surface area contributed by atoms with Gasteiger partial charge in [-0.1, -0.05) is 23.3 Å². The first-order valence-electron chi connectivity index (χ1n) is 7.31. The van der Waals surface area contributed by atoms with Crippen molar-refractivity contribution in [3.05, 3.63) is 29.8 Å². The van der Waals surface area contributed by atoms with Crippen molar-refractivity contribution in [2.75, 3.05) is 31.1 Å². The maximum Gasteiger partial charge on any atom is 0.246 e. The quantitative estimate of drug-likeness (QED) is 0.844. The Labute approximate surface area is 127 Å². The largest absolute Gasteiger partial charge is 0.493 e. The topological polar surface area (TPSA) is 85.2 Å². The second-order valence-electron chi connectivity index (χ2n) is 5.48. The van der Waals surface area contributed by atoms with Crippen LogP contribution in [0.2, 0.25) is 0 Å². The third-order valence-corrected chi connectivity index (χ3v) is 4.03. The van der Waals surface area contributed by atoms with Crippen molar-refractivity contribution in [3.63, 3.8) is 0 Å². The van der Waals surface area contributed by atoms with Crippen molar-refractivity contribution >= 4 is 11.9 Å². The summed E-state index contributed by atoms with van der Waals surface area (Å²) < 4.78 is 7.46. The van der Waals surface area contributed by atoms with Gasteiger partial charge < -0.3 is 15.0 Å². The van der Waals surface area contributed by atoms with Gasteiger partial charge in [0.25, 0.3) is 0 Å². The fraction of sp³-hybridized carbons (Fsp3) is 0.429. The van der Waals surface area contributed by atoms with Crippen molar-refractivity contribution in [3.8, 4) is 5.75 Å². The maximum absolute atomic E-state index is 11.5. The lowest BCUT2D eigenvalue weighted by Gasteiger charge is -2.27. The van der Waals surface area contributed by atoms with E-state index in [0.29, 0.717) is 32.2 Å². The number of tetrazole rings is 1. The Kier molecular flexibility index (Phi) is 3.14.